The van der Waals surface area contributed by atoms with Crippen molar-refractivity contribution in [3.63, 3.8) is 0 Å². The molecule has 5 heteroatoms. The first-order valence-corrected chi connectivity index (χ1v) is 7.28. The van der Waals surface area contributed by atoms with E-state index in [1.54, 1.807) is 6.07 Å². The van der Waals surface area contributed by atoms with E-state index in [9.17, 15) is 0 Å². The molecule has 1 fully saturated rings. The Kier molecular flexibility index (Phi) is 4.53. The van der Waals surface area contributed by atoms with Crippen molar-refractivity contribution < 1.29 is 4.74 Å². The zero-order chi connectivity index (χ0) is 13.9. The second-order valence-electron chi connectivity index (χ2n) is 5.18. The van der Waals surface area contributed by atoms with Crippen molar-refractivity contribution in [1.29, 1.82) is 0 Å². The first-order valence-electron chi connectivity index (χ1n) is 6.90. The largest absolute Gasteiger partial charge is 0.399 e. The van der Waals surface area contributed by atoms with Crippen LogP contribution >= 0.6 is 11.6 Å². The van der Waals surface area contributed by atoms with Crippen LogP contribution in [0.25, 0.3) is 0 Å². The molecule has 0 radical (unpaired) electrons. The number of pyridine rings is 1. The molecule has 1 atom stereocenters. The van der Waals surface area contributed by atoms with Gasteiger partial charge in [-0.15, -0.1) is 0 Å². The summed E-state index contributed by atoms with van der Waals surface area (Å²) in [7, 11) is 0. The van der Waals surface area contributed by atoms with Crippen molar-refractivity contribution in [2.75, 3.05) is 17.7 Å². The molecule has 1 aromatic heterocycles. The van der Waals surface area contributed by atoms with Gasteiger partial charge in [0.05, 0.1) is 5.60 Å². The smallest absolute Gasteiger partial charge is 0.133 e. The number of halogens is 1. The third-order valence-electron chi connectivity index (χ3n) is 3.95. The highest BCUT2D eigenvalue weighted by Gasteiger charge is 2.34. The van der Waals surface area contributed by atoms with Crippen molar-refractivity contribution in [1.82, 2.24) is 4.98 Å². The van der Waals surface area contributed by atoms with Crippen LogP contribution in [0.3, 0.4) is 0 Å². The van der Waals surface area contributed by atoms with Crippen LogP contribution in [0, 0.1) is 0 Å². The third kappa shape index (κ3) is 3.51. The molecule has 4 nitrogen and oxygen atoms in total. The minimum absolute atomic E-state index is 0.0000360. The number of rotatable bonds is 4. The van der Waals surface area contributed by atoms with Crippen LogP contribution in [0.15, 0.2) is 12.1 Å². The van der Waals surface area contributed by atoms with Crippen LogP contribution in [0.4, 0.5) is 11.5 Å². The first-order chi connectivity index (χ1) is 9.07. The summed E-state index contributed by atoms with van der Waals surface area (Å²) in [5.41, 5.74) is 6.41. The number of anilines is 2. The van der Waals surface area contributed by atoms with E-state index in [1.807, 2.05) is 6.07 Å². The zero-order valence-corrected chi connectivity index (χ0v) is 12.3. The van der Waals surface area contributed by atoms with E-state index in [0.717, 1.165) is 38.1 Å². The quantitative estimate of drug-likeness (QED) is 0.831. The van der Waals surface area contributed by atoms with E-state index >= 15 is 0 Å². The molecule has 2 heterocycles. The molecule has 1 unspecified atom stereocenters. The highest BCUT2D eigenvalue weighted by Crippen LogP contribution is 2.32. The monoisotopic (exact) mass is 283 g/mol. The van der Waals surface area contributed by atoms with E-state index in [4.69, 9.17) is 22.1 Å². The number of nitrogen functional groups attached to an aromatic ring is 1. The van der Waals surface area contributed by atoms with Crippen LogP contribution in [-0.2, 0) is 4.74 Å². The van der Waals surface area contributed by atoms with Gasteiger partial charge in [-0.1, -0.05) is 25.4 Å². The minimum atomic E-state index is 0.0000360. The molecule has 106 valence electrons. The van der Waals surface area contributed by atoms with Crippen molar-refractivity contribution >= 4 is 23.1 Å². The summed E-state index contributed by atoms with van der Waals surface area (Å²) in [4.78, 5) is 4.26. The summed E-state index contributed by atoms with van der Waals surface area (Å²) in [6.45, 7) is 5.15. The summed E-state index contributed by atoms with van der Waals surface area (Å²) in [6.07, 6.45) is 4.05. The SMILES string of the molecule is CCC1(CC)CC(Nc2cc(N)cc(Cl)n2)CCO1. The third-order valence-corrected chi connectivity index (χ3v) is 4.14. The molecule has 2 rings (SSSR count). The average Bonchev–Trinajstić information content (AvgIpc) is 2.37. The van der Waals surface area contributed by atoms with Gasteiger partial charge in [0.25, 0.3) is 0 Å². The average molecular weight is 284 g/mol. The molecule has 1 aromatic rings. The minimum Gasteiger partial charge on any atom is -0.399 e. The maximum Gasteiger partial charge on any atom is 0.133 e. The molecule has 1 aliphatic rings. The Balaban J connectivity index is 2.06. The molecule has 1 aliphatic heterocycles. The molecule has 19 heavy (non-hydrogen) atoms. The number of nitrogens with zero attached hydrogens (tertiary/aromatic N) is 1. The van der Waals surface area contributed by atoms with Crippen LogP contribution in [0.5, 0.6) is 0 Å². The predicted molar refractivity (Wildman–Crippen MR) is 79.6 cm³/mol. The number of nitrogens with two attached hydrogens (primary N) is 1. The lowest BCUT2D eigenvalue weighted by Crippen LogP contribution is -2.43. The molecule has 0 aliphatic carbocycles. The second kappa shape index (κ2) is 5.97. The Labute approximate surface area is 119 Å². The first kappa shape index (κ1) is 14.4. The van der Waals surface area contributed by atoms with Crippen molar-refractivity contribution in [2.45, 2.75) is 51.2 Å². The fourth-order valence-electron chi connectivity index (χ4n) is 2.69. The lowest BCUT2D eigenvalue weighted by molar-refractivity contribution is -0.0864. The highest BCUT2D eigenvalue weighted by atomic mass is 35.5. The molecule has 0 amide bonds. The van der Waals surface area contributed by atoms with Crippen LogP contribution < -0.4 is 11.1 Å². The number of aromatic nitrogens is 1. The summed E-state index contributed by atoms with van der Waals surface area (Å²) in [5.74, 6) is 0.748. The fourth-order valence-corrected chi connectivity index (χ4v) is 2.91. The molecule has 0 saturated carbocycles. The molecule has 0 spiro atoms. The number of hydrogen-bond donors (Lipinski definition) is 2. The van der Waals surface area contributed by atoms with Gasteiger partial charge >= 0.3 is 0 Å². The number of nitrogens with one attached hydrogen (secondary N) is 1. The molecular weight excluding hydrogens is 262 g/mol. The lowest BCUT2D eigenvalue weighted by atomic mass is 9.86. The zero-order valence-electron chi connectivity index (χ0n) is 11.6. The Bertz CT molecular complexity index is 414. The van der Waals surface area contributed by atoms with Gasteiger partial charge in [0.1, 0.15) is 11.0 Å². The Morgan fingerprint density at radius 2 is 2.21 bits per heavy atom. The normalized spacial score (nSPS) is 22.2. The van der Waals surface area contributed by atoms with Crippen LogP contribution in [-0.4, -0.2) is 23.2 Å². The summed E-state index contributed by atoms with van der Waals surface area (Å²) in [6, 6.07) is 3.83. The van der Waals surface area contributed by atoms with Crippen molar-refractivity contribution in [2.24, 2.45) is 0 Å². The molecule has 3 N–H and O–H groups in total. The fraction of sp³-hybridized carbons (Fsp3) is 0.643. The van der Waals surface area contributed by atoms with E-state index in [0.29, 0.717) is 16.9 Å². The Morgan fingerprint density at radius 1 is 1.47 bits per heavy atom. The Morgan fingerprint density at radius 3 is 2.84 bits per heavy atom. The molecule has 1 saturated heterocycles. The summed E-state index contributed by atoms with van der Waals surface area (Å²) >= 11 is 5.92. The van der Waals surface area contributed by atoms with Gasteiger partial charge in [0, 0.05) is 24.4 Å². The van der Waals surface area contributed by atoms with Crippen molar-refractivity contribution in [3.05, 3.63) is 17.3 Å². The Hall–Kier alpha value is -1.00. The molecule has 0 aromatic carbocycles. The van der Waals surface area contributed by atoms with Crippen LogP contribution in [0.1, 0.15) is 39.5 Å². The molecule has 0 bridgehead atoms. The van der Waals surface area contributed by atoms with E-state index in [-0.39, 0.29) is 5.60 Å². The topological polar surface area (TPSA) is 60.2 Å². The van der Waals surface area contributed by atoms with Gasteiger partial charge in [0.2, 0.25) is 0 Å². The number of ether oxygens (including phenoxy) is 1. The van der Waals surface area contributed by atoms with Gasteiger partial charge in [-0.2, -0.15) is 0 Å². The maximum atomic E-state index is 5.97. The van der Waals surface area contributed by atoms with E-state index in [1.165, 1.54) is 0 Å². The summed E-state index contributed by atoms with van der Waals surface area (Å²) in [5, 5.41) is 3.85. The maximum absolute atomic E-state index is 5.97. The van der Waals surface area contributed by atoms with E-state index < -0.39 is 0 Å². The predicted octanol–water partition coefficient (Wildman–Crippen LogP) is 3.47. The van der Waals surface area contributed by atoms with Gasteiger partial charge in [-0.05, 0) is 31.7 Å². The molecular formula is C14H22ClN3O. The second-order valence-corrected chi connectivity index (χ2v) is 5.57. The lowest BCUT2D eigenvalue weighted by Gasteiger charge is -2.40. The van der Waals surface area contributed by atoms with Gasteiger partial charge in [-0.25, -0.2) is 4.98 Å². The van der Waals surface area contributed by atoms with Gasteiger partial charge < -0.3 is 15.8 Å². The highest BCUT2D eigenvalue weighted by molar-refractivity contribution is 6.29. The van der Waals surface area contributed by atoms with Crippen LogP contribution in [0.2, 0.25) is 5.15 Å². The summed E-state index contributed by atoms with van der Waals surface area (Å²) < 4.78 is 5.97. The van der Waals surface area contributed by atoms with E-state index in [2.05, 4.69) is 24.1 Å². The van der Waals surface area contributed by atoms with Crippen molar-refractivity contribution in [3.8, 4) is 0 Å². The number of hydrogen-bond acceptors (Lipinski definition) is 4. The van der Waals surface area contributed by atoms with Gasteiger partial charge in [-0.3, -0.25) is 0 Å². The van der Waals surface area contributed by atoms with Gasteiger partial charge in [0.15, 0.2) is 0 Å². The standard InChI is InChI=1S/C14H22ClN3O/c1-3-14(4-2)9-11(5-6-19-14)17-13-8-10(16)7-12(15)18-13/h7-8,11H,3-6,9H2,1-2H3,(H3,16,17,18).